The first kappa shape index (κ1) is 28.1. The maximum atomic E-state index is 13.6. The molecule has 0 spiro atoms. The number of nitrogens with zero attached hydrogens (tertiary/aromatic N) is 5. The number of amides is 1. The van der Waals surface area contributed by atoms with E-state index in [1.54, 1.807) is 13.0 Å². The summed E-state index contributed by atoms with van der Waals surface area (Å²) in [6.45, 7) is 2.11. The number of hydrogen-bond donors (Lipinski definition) is 0. The third-order valence-corrected chi connectivity index (χ3v) is 6.69. The van der Waals surface area contributed by atoms with E-state index in [9.17, 15) is 22.8 Å². The van der Waals surface area contributed by atoms with E-state index in [4.69, 9.17) is 4.74 Å². The molecule has 4 heterocycles. The monoisotopic (exact) mass is 565 g/mol. The second-order valence-corrected chi connectivity index (χ2v) is 9.37. The van der Waals surface area contributed by atoms with Crippen molar-refractivity contribution in [1.82, 2.24) is 19.4 Å². The Morgan fingerprint density at radius 2 is 1.80 bits per heavy atom. The topological polar surface area (TPSA) is 98.9 Å². The number of hydrogen-bond acceptors (Lipinski definition) is 7. The van der Waals surface area contributed by atoms with Crippen LogP contribution in [0.1, 0.15) is 22.8 Å². The Morgan fingerprint density at radius 1 is 1.05 bits per heavy atom. The van der Waals surface area contributed by atoms with Crippen LogP contribution in [0.3, 0.4) is 0 Å². The number of carbonyl (C=O) groups is 1. The van der Waals surface area contributed by atoms with Gasteiger partial charge in [-0.1, -0.05) is 12.1 Å². The van der Waals surface area contributed by atoms with Crippen molar-refractivity contribution in [1.29, 1.82) is 0 Å². The van der Waals surface area contributed by atoms with Crippen LogP contribution in [0.4, 0.5) is 13.2 Å². The van der Waals surface area contributed by atoms with Crippen LogP contribution in [0, 0.1) is 5.82 Å². The number of fused-ring (bicyclic) bond motifs is 1. The third-order valence-electron chi connectivity index (χ3n) is 6.69. The molecule has 1 aliphatic heterocycles. The van der Waals surface area contributed by atoms with Crippen molar-refractivity contribution in [2.45, 2.75) is 20.1 Å². The fourth-order valence-corrected chi connectivity index (χ4v) is 4.52. The van der Waals surface area contributed by atoms with E-state index < -0.39 is 23.9 Å². The normalized spacial score (nSPS) is 14.5. The molecule has 1 aliphatic rings. The Morgan fingerprint density at radius 3 is 2.49 bits per heavy atom. The number of rotatable bonds is 8. The predicted octanol–water partition coefficient (Wildman–Crippen LogP) is 4.18. The Kier molecular flexibility index (Phi) is 8.50. The minimum Gasteiger partial charge on any atom is -0.433 e. The fourth-order valence-electron chi connectivity index (χ4n) is 4.52. The molecule has 1 aromatic carbocycles. The molecule has 1 saturated heterocycles. The number of carbonyl (C=O) groups excluding carboxylic acids is 1. The first-order valence-electron chi connectivity index (χ1n) is 12.9. The van der Waals surface area contributed by atoms with Gasteiger partial charge in [-0.25, -0.2) is 14.4 Å². The van der Waals surface area contributed by atoms with E-state index in [0.717, 1.165) is 13.1 Å². The van der Waals surface area contributed by atoms with Gasteiger partial charge in [0.15, 0.2) is 0 Å². The Labute approximate surface area is 232 Å². The summed E-state index contributed by atoms with van der Waals surface area (Å²) in [6, 6.07) is 11.6. The first-order chi connectivity index (χ1) is 19.8. The highest BCUT2D eigenvalue weighted by atomic mass is 19.3. The first-order valence-corrected chi connectivity index (χ1v) is 12.9. The molecular weight excluding hydrogens is 539 g/mol. The minimum atomic E-state index is -2.97. The lowest BCUT2D eigenvalue weighted by Gasteiger charge is -2.26. The highest BCUT2D eigenvalue weighted by molar-refractivity contribution is 6.10. The van der Waals surface area contributed by atoms with Crippen LogP contribution in [0.25, 0.3) is 22.3 Å². The van der Waals surface area contributed by atoms with Crippen molar-refractivity contribution in [2.24, 2.45) is 4.99 Å². The van der Waals surface area contributed by atoms with Crippen molar-refractivity contribution in [3.8, 4) is 17.0 Å². The predicted molar refractivity (Wildman–Crippen MR) is 146 cm³/mol. The van der Waals surface area contributed by atoms with E-state index >= 15 is 0 Å². The number of aliphatic imine (C=N–C) groups is 1. The molecule has 0 bridgehead atoms. The van der Waals surface area contributed by atoms with E-state index in [1.807, 2.05) is 0 Å². The second-order valence-electron chi connectivity index (χ2n) is 9.37. The van der Waals surface area contributed by atoms with Crippen LogP contribution >= 0.6 is 0 Å². The summed E-state index contributed by atoms with van der Waals surface area (Å²) in [5.41, 5.74) is 1.56. The lowest BCUT2D eigenvalue weighted by atomic mass is 10.1. The molecule has 41 heavy (non-hydrogen) atoms. The zero-order chi connectivity index (χ0) is 28.9. The Hall–Kier alpha value is -4.42. The van der Waals surface area contributed by atoms with E-state index in [-0.39, 0.29) is 17.9 Å². The molecule has 0 radical (unpaired) electrons. The van der Waals surface area contributed by atoms with Gasteiger partial charge in [-0.15, -0.1) is 0 Å². The van der Waals surface area contributed by atoms with E-state index in [1.165, 1.54) is 59.4 Å². The number of aromatic nitrogens is 3. The van der Waals surface area contributed by atoms with Crippen LogP contribution in [-0.2, 0) is 11.3 Å². The maximum Gasteiger partial charge on any atom is 0.387 e. The van der Waals surface area contributed by atoms with Gasteiger partial charge in [-0.2, -0.15) is 8.78 Å². The molecule has 1 fully saturated rings. The number of pyridine rings is 3. The van der Waals surface area contributed by atoms with Gasteiger partial charge in [0.2, 0.25) is 0 Å². The summed E-state index contributed by atoms with van der Waals surface area (Å²) in [6.07, 6.45) is 2.71. The quantitative estimate of drug-likeness (QED) is 0.296. The number of alkyl halides is 2. The van der Waals surface area contributed by atoms with E-state index in [2.05, 4.69) is 24.6 Å². The second kappa shape index (κ2) is 12.4. The van der Waals surface area contributed by atoms with Crippen molar-refractivity contribution in [3.63, 3.8) is 0 Å². The number of morpholine rings is 1. The molecule has 9 nitrogen and oxygen atoms in total. The summed E-state index contributed by atoms with van der Waals surface area (Å²) in [4.78, 5) is 41.9. The third kappa shape index (κ3) is 6.67. The molecule has 3 aromatic heterocycles. The molecule has 0 N–H and O–H groups in total. The van der Waals surface area contributed by atoms with Gasteiger partial charge in [0, 0.05) is 49.0 Å². The van der Waals surface area contributed by atoms with Gasteiger partial charge in [0.05, 0.1) is 25.1 Å². The highest BCUT2D eigenvalue weighted by Gasteiger charge is 2.19. The fraction of sp³-hybridized carbons (Fsp3) is 0.276. The molecular formula is C29H26F3N5O4. The standard InChI is InChI=1S/C29H26F3N5O4/c1-18(19-2-4-22(30)5-3-19)35-27(38)24-15-20-14-21(25-7-6-23(17-33-25)41-29(31)32)16-34-26(20)37(28(24)39)9-8-36-10-12-40-13-11-36/h2-7,14-17,29H,8-13H2,1H3. The lowest BCUT2D eigenvalue weighted by molar-refractivity contribution is -0.0500. The van der Waals surface area contributed by atoms with Gasteiger partial charge < -0.3 is 9.47 Å². The molecule has 0 atom stereocenters. The Balaban J connectivity index is 1.54. The number of benzene rings is 1. The molecule has 212 valence electrons. The molecule has 0 saturated carbocycles. The SMILES string of the molecule is CC(=NC(=O)c1cc2cc(-c3ccc(OC(F)F)cn3)cnc2n(CCN2CCOCC2)c1=O)c1ccc(F)cc1. The van der Waals surface area contributed by atoms with Crippen LogP contribution < -0.4 is 10.3 Å². The maximum absolute atomic E-state index is 13.6. The summed E-state index contributed by atoms with van der Waals surface area (Å²) >= 11 is 0. The van der Waals surface area contributed by atoms with Gasteiger partial charge in [-0.3, -0.25) is 24.0 Å². The molecule has 12 heteroatoms. The molecule has 1 amide bonds. The largest absolute Gasteiger partial charge is 0.433 e. The summed E-state index contributed by atoms with van der Waals surface area (Å²) in [5, 5.41) is 0.497. The van der Waals surface area contributed by atoms with Crippen LogP contribution in [-0.4, -0.2) is 70.5 Å². The number of ether oxygens (including phenoxy) is 2. The van der Waals surface area contributed by atoms with Crippen molar-refractivity contribution >= 4 is 22.7 Å². The average Bonchev–Trinajstić information content (AvgIpc) is 2.97. The van der Waals surface area contributed by atoms with Gasteiger partial charge in [-0.05, 0) is 48.9 Å². The zero-order valence-electron chi connectivity index (χ0n) is 22.1. The minimum absolute atomic E-state index is 0.0864. The summed E-state index contributed by atoms with van der Waals surface area (Å²) in [7, 11) is 0. The lowest BCUT2D eigenvalue weighted by Crippen LogP contribution is -2.39. The van der Waals surface area contributed by atoms with Crippen molar-refractivity contribution in [3.05, 3.63) is 88.2 Å². The molecule has 5 rings (SSSR count). The molecule has 0 unspecified atom stereocenters. The van der Waals surface area contributed by atoms with Crippen molar-refractivity contribution in [2.75, 3.05) is 32.8 Å². The summed E-state index contributed by atoms with van der Waals surface area (Å²) < 4.78 is 49.6. The van der Waals surface area contributed by atoms with E-state index in [0.29, 0.717) is 53.3 Å². The Bertz CT molecular complexity index is 1630. The highest BCUT2D eigenvalue weighted by Crippen LogP contribution is 2.24. The van der Waals surface area contributed by atoms with Gasteiger partial charge >= 0.3 is 6.61 Å². The average molecular weight is 566 g/mol. The zero-order valence-corrected chi connectivity index (χ0v) is 22.1. The van der Waals surface area contributed by atoms with Crippen molar-refractivity contribution < 1.29 is 27.4 Å². The number of halogens is 3. The van der Waals surface area contributed by atoms with Crippen LogP contribution in [0.2, 0.25) is 0 Å². The van der Waals surface area contributed by atoms with Gasteiger partial charge in [0.1, 0.15) is 22.8 Å². The summed E-state index contributed by atoms with van der Waals surface area (Å²) in [5.74, 6) is -1.24. The molecule has 0 aliphatic carbocycles. The molecule has 4 aromatic rings. The smallest absolute Gasteiger partial charge is 0.387 e. The van der Waals surface area contributed by atoms with Crippen LogP contribution in [0.15, 0.2) is 70.7 Å². The van der Waals surface area contributed by atoms with Crippen LogP contribution in [0.5, 0.6) is 5.75 Å². The van der Waals surface area contributed by atoms with Gasteiger partial charge in [0.25, 0.3) is 11.5 Å².